The van der Waals surface area contributed by atoms with Gasteiger partial charge in [-0.25, -0.2) is 9.59 Å². The molecule has 2 fully saturated rings. The molecule has 1 aliphatic carbocycles. The lowest BCUT2D eigenvalue weighted by Crippen LogP contribution is -2.52. The lowest BCUT2D eigenvalue weighted by molar-refractivity contribution is -0.152. The number of nitrogens with one attached hydrogen (secondary N) is 1. The summed E-state index contributed by atoms with van der Waals surface area (Å²) in [5.41, 5.74) is 4.45. The van der Waals surface area contributed by atoms with Crippen LogP contribution in [-0.4, -0.2) is 77.1 Å². The van der Waals surface area contributed by atoms with Crippen molar-refractivity contribution in [1.82, 2.24) is 10.2 Å². The number of ether oxygens (including phenoxy) is 2. The van der Waals surface area contributed by atoms with E-state index < -0.39 is 42.3 Å². The van der Waals surface area contributed by atoms with E-state index in [0.717, 1.165) is 27.2 Å². The lowest BCUT2D eigenvalue weighted by Gasteiger charge is -2.27. The third-order valence-electron chi connectivity index (χ3n) is 6.83. The van der Waals surface area contributed by atoms with Crippen LogP contribution in [0, 0.1) is 0 Å². The molecule has 9 nitrogen and oxygen atoms in total. The molecule has 0 radical (unpaired) electrons. The number of carboxylic acid groups (broad SMARTS) is 1. The van der Waals surface area contributed by atoms with Crippen molar-refractivity contribution in [1.29, 1.82) is 0 Å². The fraction of sp³-hybridized carbons (Fsp3) is 0.400. The Morgan fingerprint density at radius 2 is 1.71 bits per heavy atom. The normalized spacial score (nSPS) is 25.6. The molecule has 4 atom stereocenters. The van der Waals surface area contributed by atoms with Crippen LogP contribution in [0.2, 0.25) is 0 Å². The molecule has 0 bridgehead atoms. The minimum absolute atomic E-state index is 0.0295. The minimum atomic E-state index is -1.18. The molecule has 2 aliphatic heterocycles. The number of carboxylic acids is 1. The highest BCUT2D eigenvalue weighted by atomic mass is 16.6. The first-order valence-electron chi connectivity index (χ1n) is 11.4. The van der Waals surface area contributed by atoms with Gasteiger partial charge in [-0.3, -0.25) is 4.79 Å². The van der Waals surface area contributed by atoms with E-state index in [4.69, 9.17) is 9.47 Å². The van der Waals surface area contributed by atoms with Crippen molar-refractivity contribution in [3.05, 3.63) is 59.7 Å². The standard InChI is InChI=1S/C25H26N2O7/c28-14-11-21(24(30)31)27(12-14)23(29)22-20(9-10-33-22)26-25(32)34-13-19-17-7-3-1-5-15(17)16-6-2-4-8-18(16)19/h1-8,14,19-22,28H,9-13H2,(H,26,32)(H,30,31)/t14-,20-,21+,22+/m1/s1. The van der Waals surface area contributed by atoms with Crippen LogP contribution in [-0.2, 0) is 19.1 Å². The van der Waals surface area contributed by atoms with Gasteiger partial charge in [0.1, 0.15) is 12.6 Å². The molecule has 3 aliphatic rings. The Labute approximate surface area is 196 Å². The zero-order valence-electron chi connectivity index (χ0n) is 18.4. The van der Waals surface area contributed by atoms with Gasteiger partial charge in [0.2, 0.25) is 0 Å². The minimum Gasteiger partial charge on any atom is -0.480 e. The second-order valence-electron chi connectivity index (χ2n) is 8.89. The van der Waals surface area contributed by atoms with E-state index in [1.807, 2.05) is 36.4 Å². The summed E-state index contributed by atoms with van der Waals surface area (Å²) in [5.74, 6) is -1.81. The van der Waals surface area contributed by atoms with Gasteiger partial charge >= 0.3 is 12.1 Å². The quantitative estimate of drug-likeness (QED) is 0.613. The van der Waals surface area contributed by atoms with Crippen LogP contribution < -0.4 is 5.32 Å². The van der Waals surface area contributed by atoms with Gasteiger partial charge in [-0.05, 0) is 28.7 Å². The molecule has 2 heterocycles. The third kappa shape index (κ3) is 4.01. The van der Waals surface area contributed by atoms with Crippen molar-refractivity contribution in [2.75, 3.05) is 19.8 Å². The van der Waals surface area contributed by atoms with Gasteiger partial charge in [-0.2, -0.15) is 0 Å². The number of benzene rings is 2. The molecule has 3 N–H and O–H groups in total. The van der Waals surface area contributed by atoms with Crippen molar-refractivity contribution in [2.45, 2.75) is 43.1 Å². The number of aliphatic hydroxyl groups is 1. The van der Waals surface area contributed by atoms with Gasteiger partial charge in [-0.15, -0.1) is 0 Å². The number of amides is 2. The highest BCUT2D eigenvalue weighted by Crippen LogP contribution is 2.44. The number of β-amino-alcohol motifs (C(OH)–C–C–N with tert-alkyl or cyclic N) is 1. The van der Waals surface area contributed by atoms with E-state index >= 15 is 0 Å². The fourth-order valence-corrected chi connectivity index (χ4v) is 5.23. The summed E-state index contributed by atoms with van der Waals surface area (Å²) in [6, 6.07) is 14.3. The molecule has 5 rings (SSSR count). The second kappa shape index (κ2) is 9.08. The number of likely N-dealkylation sites (tertiary alicyclic amines) is 1. The number of alkyl carbamates (subject to hydrolysis) is 1. The topological polar surface area (TPSA) is 125 Å². The number of hydrogen-bond acceptors (Lipinski definition) is 6. The molecule has 2 aromatic carbocycles. The number of carbonyl (C=O) groups excluding carboxylic acids is 2. The van der Waals surface area contributed by atoms with Gasteiger partial charge in [0.05, 0.1) is 12.1 Å². The highest BCUT2D eigenvalue weighted by Gasteiger charge is 2.45. The molecule has 0 unspecified atom stereocenters. The summed E-state index contributed by atoms with van der Waals surface area (Å²) in [5, 5.41) is 21.9. The van der Waals surface area contributed by atoms with E-state index in [0.29, 0.717) is 6.42 Å². The summed E-state index contributed by atoms with van der Waals surface area (Å²) in [7, 11) is 0. The third-order valence-corrected chi connectivity index (χ3v) is 6.83. The van der Waals surface area contributed by atoms with E-state index in [-0.39, 0.29) is 32.1 Å². The molecule has 0 spiro atoms. The van der Waals surface area contributed by atoms with Crippen molar-refractivity contribution >= 4 is 18.0 Å². The van der Waals surface area contributed by atoms with Crippen molar-refractivity contribution < 1.29 is 34.1 Å². The van der Waals surface area contributed by atoms with Crippen molar-refractivity contribution in [3.8, 4) is 11.1 Å². The average molecular weight is 466 g/mol. The summed E-state index contributed by atoms with van der Waals surface area (Å²) in [4.78, 5) is 38.2. The Bertz CT molecular complexity index is 1070. The second-order valence-corrected chi connectivity index (χ2v) is 8.89. The number of aliphatic hydroxyl groups excluding tert-OH is 1. The smallest absolute Gasteiger partial charge is 0.407 e. The van der Waals surface area contributed by atoms with Gasteiger partial charge in [0.15, 0.2) is 6.10 Å². The molecule has 2 amide bonds. The first kappa shape index (κ1) is 22.4. The van der Waals surface area contributed by atoms with Crippen molar-refractivity contribution in [3.63, 3.8) is 0 Å². The number of nitrogens with zero attached hydrogens (tertiary/aromatic N) is 1. The Kier molecular flexibility index (Phi) is 5.97. The molecule has 9 heteroatoms. The number of rotatable bonds is 5. The largest absolute Gasteiger partial charge is 0.480 e. The van der Waals surface area contributed by atoms with E-state index in [9.17, 15) is 24.6 Å². The molecule has 0 saturated carbocycles. The van der Waals surface area contributed by atoms with E-state index in [1.165, 1.54) is 0 Å². The Balaban J connectivity index is 1.23. The number of hydrogen-bond donors (Lipinski definition) is 3. The molecule has 34 heavy (non-hydrogen) atoms. The van der Waals surface area contributed by atoms with Gasteiger partial charge < -0.3 is 29.9 Å². The van der Waals surface area contributed by atoms with E-state index in [1.54, 1.807) is 0 Å². The van der Waals surface area contributed by atoms with Crippen LogP contribution in [0.5, 0.6) is 0 Å². The maximum Gasteiger partial charge on any atom is 0.407 e. The Hall–Kier alpha value is -3.43. The SMILES string of the molecule is O=C(N[C@@H]1CCO[C@@H]1C(=O)N1C[C@H](O)C[C@H]1C(=O)O)OCC1c2ccccc2-c2ccccc21. The van der Waals surface area contributed by atoms with Crippen LogP contribution in [0.1, 0.15) is 29.9 Å². The Morgan fingerprint density at radius 1 is 1.06 bits per heavy atom. The zero-order valence-corrected chi connectivity index (χ0v) is 18.4. The maximum atomic E-state index is 13.0. The summed E-state index contributed by atoms with van der Waals surface area (Å²) in [6.45, 7) is 0.317. The highest BCUT2D eigenvalue weighted by molar-refractivity contribution is 5.88. The van der Waals surface area contributed by atoms with Crippen LogP contribution in [0.25, 0.3) is 11.1 Å². The molecule has 2 aromatic rings. The summed E-state index contributed by atoms with van der Waals surface area (Å²) >= 11 is 0. The average Bonchev–Trinajstić information content (AvgIpc) is 3.53. The van der Waals surface area contributed by atoms with E-state index in [2.05, 4.69) is 17.4 Å². The van der Waals surface area contributed by atoms with Crippen LogP contribution >= 0.6 is 0 Å². The van der Waals surface area contributed by atoms with Gasteiger partial charge in [0.25, 0.3) is 5.91 Å². The van der Waals surface area contributed by atoms with Crippen LogP contribution in [0.4, 0.5) is 4.79 Å². The first-order chi connectivity index (χ1) is 16.4. The zero-order chi connectivity index (χ0) is 23.8. The van der Waals surface area contributed by atoms with Crippen LogP contribution in [0.15, 0.2) is 48.5 Å². The van der Waals surface area contributed by atoms with Gasteiger partial charge in [0, 0.05) is 25.5 Å². The lowest BCUT2D eigenvalue weighted by atomic mass is 9.98. The maximum absolute atomic E-state index is 13.0. The fourth-order valence-electron chi connectivity index (χ4n) is 5.23. The van der Waals surface area contributed by atoms with Crippen LogP contribution in [0.3, 0.4) is 0 Å². The number of aliphatic carboxylic acids is 1. The number of carbonyl (C=O) groups is 3. The predicted octanol–water partition coefficient (Wildman–Crippen LogP) is 1.73. The number of fused-ring (bicyclic) bond motifs is 3. The summed E-state index contributed by atoms with van der Waals surface area (Å²) < 4.78 is 11.1. The molecule has 2 saturated heterocycles. The molecular weight excluding hydrogens is 440 g/mol. The Morgan fingerprint density at radius 3 is 2.35 bits per heavy atom. The van der Waals surface area contributed by atoms with Crippen molar-refractivity contribution in [2.24, 2.45) is 0 Å². The van der Waals surface area contributed by atoms with Gasteiger partial charge in [-0.1, -0.05) is 48.5 Å². The molecule has 178 valence electrons. The summed E-state index contributed by atoms with van der Waals surface area (Å²) in [6.07, 6.45) is -2.22. The first-order valence-corrected chi connectivity index (χ1v) is 11.4. The molecular formula is C25H26N2O7. The molecule has 0 aromatic heterocycles. The monoisotopic (exact) mass is 466 g/mol. The predicted molar refractivity (Wildman–Crippen MR) is 120 cm³/mol.